The third-order valence-electron chi connectivity index (χ3n) is 6.89. The molecule has 0 radical (unpaired) electrons. The summed E-state index contributed by atoms with van der Waals surface area (Å²) in [7, 11) is -0.0453. The van der Waals surface area contributed by atoms with Gasteiger partial charge in [0.1, 0.15) is 12.3 Å². The van der Waals surface area contributed by atoms with Gasteiger partial charge in [-0.25, -0.2) is 4.58 Å². The fraction of sp³-hybridized carbons (Fsp3) is 0.423. The number of rotatable bonds is 4. The Balaban J connectivity index is 2.07. The van der Waals surface area contributed by atoms with Crippen LogP contribution in [0.1, 0.15) is 56.9 Å². The summed E-state index contributed by atoms with van der Waals surface area (Å²) < 4.78 is 35.5. The number of anilines is 1. The van der Waals surface area contributed by atoms with Crippen molar-refractivity contribution in [3.8, 4) is 0 Å². The van der Waals surface area contributed by atoms with Crippen LogP contribution in [0, 0.1) is 0 Å². The molecule has 2 aromatic rings. The lowest BCUT2D eigenvalue weighted by Crippen LogP contribution is -2.50. The monoisotopic (exact) mass is 453 g/mol. The van der Waals surface area contributed by atoms with Gasteiger partial charge < -0.3 is 4.90 Å². The minimum absolute atomic E-state index is 0.214. The molecule has 6 heteroatoms. The number of nitrogens with zero attached hydrogens (tertiary/aromatic N) is 2. The molecule has 0 aromatic heterocycles. The highest BCUT2D eigenvalue weighted by Gasteiger charge is 2.37. The summed E-state index contributed by atoms with van der Waals surface area (Å²) in [5.41, 5.74) is 5.80. The van der Waals surface area contributed by atoms with Crippen LogP contribution in [0.25, 0.3) is 11.6 Å². The minimum atomic E-state index is -4.15. The van der Waals surface area contributed by atoms with Crippen LogP contribution in [0.15, 0.2) is 36.4 Å². The number of benzene rings is 2. The Kier molecular flexibility index (Phi) is 5.18. The van der Waals surface area contributed by atoms with E-state index in [1.807, 2.05) is 6.08 Å². The van der Waals surface area contributed by atoms with Gasteiger partial charge in [0.15, 0.2) is 5.54 Å². The van der Waals surface area contributed by atoms with Crippen LogP contribution in [-0.2, 0) is 15.5 Å². The van der Waals surface area contributed by atoms with Crippen molar-refractivity contribution in [3.63, 3.8) is 0 Å². The zero-order valence-corrected chi connectivity index (χ0v) is 20.8. The predicted octanol–water partition coefficient (Wildman–Crippen LogP) is 2.80. The van der Waals surface area contributed by atoms with Crippen molar-refractivity contribution in [1.29, 1.82) is 0 Å². The summed E-state index contributed by atoms with van der Waals surface area (Å²) in [6.45, 7) is 11.6. The lowest BCUT2D eigenvalue weighted by molar-refractivity contribution is 0.401. The molecular formula is C26H33N2O3S+. The molecule has 0 fully saturated rings. The fourth-order valence-electron chi connectivity index (χ4n) is 5.33. The molecule has 2 aromatic carbocycles. The first-order chi connectivity index (χ1) is 14.7. The Morgan fingerprint density at radius 3 is 2.31 bits per heavy atom. The molecule has 32 heavy (non-hydrogen) atoms. The summed E-state index contributed by atoms with van der Waals surface area (Å²) >= 11 is 0. The maximum atomic E-state index is 11.8. The summed E-state index contributed by atoms with van der Waals surface area (Å²) in [5, 5.41) is 2.11. The van der Waals surface area contributed by atoms with Crippen molar-refractivity contribution in [2.45, 2.75) is 45.6 Å². The van der Waals surface area contributed by atoms with Crippen molar-refractivity contribution in [2.24, 2.45) is 0 Å². The Hall–Kier alpha value is -2.44. The lowest BCUT2D eigenvalue weighted by atomic mass is 9.71. The number of hydrogen-bond donors (Lipinski definition) is 1. The van der Waals surface area contributed by atoms with Crippen molar-refractivity contribution < 1.29 is 13.0 Å². The lowest BCUT2D eigenvalue weighted by Gasteiger charge is -2.33. The van der Waals surface area contributed by atoms with E-state index in [2.05, 4.69) is 94.6 Å². The molecule has 0 saturated carbocycles. The molecule has 1 aliphatic heterocycles. The average Bonchev–Trinajstić information content (AvgIpc) is 2.65. The quantitative estimate of drug-likeness (QED) is 0.571. The maximum Gasteiger partial charge on any atom is 0.269 e. The van der Waals surface area contributed by atoms with E-state index in [0.717, 1.165) is 22.7 Å². The fourth-order valence-corrected chi connectivity index (χ4v) is 5.97. The molecule has 0 amide bonds. The van der Waals surface area contributed by atoms with E-state index in [-0.39, 0.29) is 16.7 Å². The van der Waals surface area contributed by atoms with Gasteiger partial charge in [-0.15, -0.1) is 0 Å². The molecule has 2 aliphatic rings. The number of hydrogen-bond acceptors (Lipinski definition) is 3. The molecule has 5 nitrogen and oxygen atoms in total. The molecule has 0 spiro atoms. The van der Waals surface area contributed by atoms with Crippen molar-refractivity contribution in [2.75, 3.05) is 31.3 Å². The zero-order valence-electron chi connectivity index (χ0n) is 20.0. The van der Waals surface area contributed by atoms with Crippen LogP contribution in [0.4, 0.5) is 5.69 Å². The molecule has 1 heterocycles. The van der Waals surface area contributed by atoms with Gasteiger partial charge in [0.25, 0.3) is 10.1 Å². The second-order valence-electron chi connectivity index (χ2n) is 10.2. The first-order valence-electron chi connectivity index (χ1n) is 11.0. The van der Waals surface area contributed by atoms with Gasteiger partial charge in [0.2, 0.25) is 5.36 Å². The summed E-state index contributed by atoms with van der Waals surface area (Å²) in [4.78, 5) is 2.12. The smallest absolute Gasteiger partial charge is 0.269 e. The molecule has 1 N–H and O–H groups in total. The topological polar surface area (TPSA) is 60.6 Å². The van der Waals surface area contributed by atoms with Gasteiger partial charge in [-0.1, -0.05) is 19.9 Å². The van der Waals surface area contributed by atoms with Crippen LogP contribution >= 0.6 is 0 Å². The van der Waals surface area contributed by atoms with E-state index in [0.29, 0.717) is 5.57 Å². The van der Waals surface area contributed by atoms with Gasteiger partial charge in [0.05, 0.1) is 5.56 Å². The highest BCUT2D eigenvalue weighted by atomic mass is 32.2. The average molecular weight is 454 g/mol. The Bertz CT molecular complexity index is 1380. The van der Waals surface area contributed by atoms with Gasteiger partial charge in [-0.05, 0) is 64.8 Å². The van der Waals surface area contributed by atoms with E-state index in [9.17, 15) is 13.0 Å². The highest BCUT2D eigenvalue weighted by Crippen LogP contribution is 2.37. The van der Waals surface area contributed by atoms with Gasteiger partial charge in [-0.3, -0.25) is 4.55 Å². The van der Waals surface area contributed by atoms with Crippen LogP contribution in [0.3, 0.4) is 0 Å². The predicted molar refractivity (Wildman–Crippen MR) is 132 cm³/mol. The first kappa shape index (κ1) is 22.7. The maximum absolute atomic E-state index is 11.8. The zero-order chi connectivity index (χ0) is 23.6. The van der Waals surface area contributed by atoms with Crippen molar-refractivity contribution in [3.05, 3.63) is 69.2 Å². The van der Waals surface area contributed by atoms with Crippen LogP contribution in [0.2, 0.25) is 0 Å². The SMILES string of the molecule is CC[N+]1=c2cc3c(cc2C(CS(=O)(=O)O)=CC1(C)C)=Cc1ccc(N(C)C)cc1C3(C)C. The molecule has 0 saturated heterocycles. The van der Waals surface area contributed by atoms with Crippen molar-refractivity contribution in [1.82, 2.24) is 4.58 Å². The number of likely N-dealkylation sites (N-methyl/N-ethyl adjacent to an activating group) is 1. The number of fused-ring (bicyclic) bond motifs is 3. The molecule has 0 atom stereocenters. The summed E-state index contributed by atoms with van der Waals surface area (Å²) in [5.74, 6) is -0.383. The van der Waals surface area contributed by atoms with Gasteiger partial charge in [0, 0.05) is 45.1 Å². The molecule has 0 unspecified atom stereocenters. The molecular weight excluding hydrogens is 420 g/mol. The van der Waals surface area contributed by atoms with E-state index in [1.165, 1.54) is 22.4 Å². The van der Waals surface area contributed by atoms with E-state index in [4.69, 9.17) is 0 Å². The van der Waals surface area contributed by atoms with E-state index >= 15 is 0 Å². The molecule has 1 aliphatic carbocycles. The Morgan fingerprint density at radius 2 is 1.72 bits per heavy atom. The standard InChI is InChI=1S/C26H32N2O3S/c1-8-28-24-14-23-18(12-21(24)19(15-25(28,2)3)16-32(29,30)31)11-17-9-10-20(27(6)7)13-22(17)26(23,4)5/h9-15H,8,16H2,1-7H3/p+1. The summed E-state index contributed by atoms with van der Waals surface area (Å²) in [6, 6.07) is 10.9. The van der Waals surface area contributed by atoms with Crippen LogP contribution in [-0.4, -0.2) is 44.9 Å². The van der Waals surface area contributed by atoms with Gasteiger partial charge in [-0.2, -0.15) is 8.42 Å². The Labute approximate surface area is 191 Å². The van der Waals surface area contributed by atoms with Gasteiger partial charge >= 0.3 is 0 Å². The molecule has 170 valence electrons. The third-order valence-corrected chi connectivity index (χ3v) is 7.57. The van der Waals surface area contributed by atoms with Crippen LogP contribution < -0.4 is 20.1 Å². The first-order valence-corrected chi connectivity index (χ1v) is 12.7. The van der Waals surface area contributed by atoms with Crippen molar-refractivity contribution >= 4 is 27.5 Å². The second-order valence-corrected chi connectivity index (χ2v) is 11.6. The highest BCUT2D eigenvalue weighted by molar-refractivity contribution is 7.86. The van der Waals surface area contributed by atoms with Crippen LogP contribution in [0.5, 0.6) is 0 Å². The second kappa shape index (κ2) is 7.29. The molecule has 0 bridgehead atoms. The third kappa shape index (κ3) is 3.69. The normalized spacial score (nSPS) is 18.1. The minimum Gasteiger partial charge on any atom is -0.378 e. The molecule has 4 rings (SSSR count). The van der Waals surface area contributed by atoms with E-state index < -0.39 is 10.1 Å². The summed E-state index contributed by atoms with van der Waals surface area (Å²) in [6.07, 6.45) is 4.17. The Morgan fingerprint density at radius 1 is 1.03 bits per heavy atom. The van der Waals surface area contributed by atoms with E-state index in [1.54, 1.807) is 0 Å². The largest absolute Gasteiger partial charge is 0.378 e.